The van der Waals surface area contributed by atoms with Crippen LogP contribution in [0.2, 0.25) is 0 Å². The largest absolute Gasteiger partial charge is 0.469 e. The van der Waals surface area contributed by atoms with Crippen LogP contribution in [0.3, 0.4) is 0 Å². The summed E-state index contributed by atoms with van der Waals surface area (Å²) in [6.45, 7) is 4.56. The zero-order valence-corrected chi connectivity index (χ0v) is 9.78. The molecule has 0 saturated heterocycles. The Morgan fingerprint density at radius 1 is 1.33 bits per heavy atom. The van der Waals surface area contributed by atoms with Crippen LogP contribution in [-0.2, 0) is 19.1 Å². The second kappa shape index (κ2) is 7.23. The van der Waals surface area contributed by atoms with E-state index >= 15 is 0 Å². The van der Waals surface area contributed by atoms with E-state index in [0.717, 1.165) is 0 Å². The standard InChI is InChI=1S/C10H19NO4/c1-5-11(9(12)7-14-3)6-8(2)10(13)15-4/h8H,5-7H2,1-4H3. The summed E-state index contributed by atoms with van der Waals surface area (Å²) in [6, 6.07) is 0. The molecule has 0 fully saturated rings. The van der Waals surface area contributed by atoms with E-state index in [1.54, 1.807) is 11.8 Å². The van der Waals surface area contributed by atoms with Gasteiger partial charge < -0.3 is 14.4 Å². The van der Waals surface area contributed by atoms with Gasteiger partial charge in [-0.25, -0.2) is 0 Å². The third-order valence-electron chi connectivity index (χ3n) is 2.10. The Hall–Kier alpha value is -1.10. The molecule has 0 heterocycles. The molecule has 0 radical (unpaired) electrons. The molecule has 1 unspecified atom stereocenters. The Kier molecular flexibility index (Phi) is 6.70. The van der Waals surface area contributed by atoms with E-state index in [1.165, 1.54) is 14.2 Å². The molecule has 0 aliphatic rings. The van der Waals surface area contributed by atoms with E-state index in [9.17, 15) is 9.59 Å². The zero-order chi connectivity index (χ0) is 11.8. The SMILES string of the molecule is CCN(CC(C)C(=O)OC)C(=O)COC. The quantitative estimate of drug-likeness (QED) is 0.600. The number of likely N-dealkylation sites (N-methyl/N-ethyl adjacent to an activating group) is 1. The highest BCUT2D eigenvalue weighted by atomic mass is 16.5. The molecule has 0 rings (SSSR count). The van der Waals surface area contributed by atoms with Gasteiger partial charge in [0.15, 0.2) is 0 Å². The highest BCUT2D eigenvalue weighted by Crippen LogP contribution is 2.02. The maximum atomic E-state index is 11.5. The van der Waals surface area contributed by atoms with Crippen LogP contribution >= 0.6 is 0 Å². The van der Waals surface area contributed by atoms with E-state index in [1.807, 2.05) is 6.92 Å². The minimum Gasteiger partial charge on any atom is -0.469 e. The molecule has 0 N–H and O–H groups in total. The van der Waals surface area contributed by atoms with Crippen molar-refractivity contribution in [1.82, 2.24) is 4.90 Å². The van der Waals surface area contributed by atoms with E-state index < -0.39 is 0 Å². The van der Waals surface area contributed by atoms with Gasteiger partial charge in [-0.15, -0.1) is 0 Å². The van der Waals surface area contributed by atoms with Crippen LogP contribution in [0.1, 0.15) is 13.8 Å². The third-order valence-corrected chi connectivity index (χ3v) is 2.10. The molecule has 5 heteroatoms. The molecule has 1 atom stereocenters. The first-order valence-electron chi connectivity index (χ1n) is 4.91. The second-order valence-corrected chi connectivity index (χ2v) is 3.29. The van der Waals surface area contributed by atoms with Gasteiger partial charge in [-0.05, 0) is 6.92 Å². The first-order valence-corrected chi connectivity index (χ1v) is 4.91. The Morgan fingerprint density at radius 3 is 2.33 bits per heavy atom. The number of esters is 1. The Labute approximate surface area is 90.3 Å². The van der Waals surface area contributed by atoms with E-state index in [0.29, 0.717) is 13.1 Å². The molecule has 88 valence electrons. The first-order chi connectivity index (χ1) is 7.06. The molecule has 0 aromatic heterocycles. The zero-order valence-electron chi connectivity index (χ0n) is 9.78. The van der Waals surface area contributed by atoms with Crippen molar-refractivity contribution in [3.8, 4) is 0 Å². The summed E-state index contributed by atoms with van der Waals surface area (Å²) in [4.78, 5) is 24.2. The maximum absolute atomic E-state index is 11.5. The van der Waals surface area contributed by atoms with Crippen LogP contribution in [0.25, 0.3) is 0 Å². The second-order valence-electron chi connectivity index (χ2n) is 3.29. The molecule has 1 amide bonds. The van der Waals surface area contributed by atoms with Crippen LogP contribution < -0.4 is 0 Å². The number of nitrogens with zero attached hydrogens (tertiary/aromatic N) is 1. The predicted octanol–water partition coefficient (Wildman–Crippen LogP) is 0.290. The Bertz CT molecular complexity index is 217. The molecule has 0 bridgehead atoms. The summed E-state index contributed by atoms with van der Waals surface area (Å²) in [7, 11) is 2.81. The highest BCUT2D eigenvalue weighted by Gasteiger charge is 2.19. The van der Waals surface area contributed by atoms with E-state index in [-0.39, 0.29) is 24.4 Å². The van der Waals surface area contributed by atoms with Crippen LogP contribution in [0, 0.1) is 5.92 Å². The van der Waals surface area contributed by atoms with Crippen molar-refractivity contribution in [3.05, 3.63) is 0 Å². The lowest BCUT2D eigenvalue weighted by atomic mass is 10.1. The summed E-state index contributed by atoms with van der Waals surface area (Å²) >= 11 is 0. The van der Waals surface area contributed by atoms with Gasteiger partial charge in [0, 0.05) is 20.2 Å². The summed E-state index contributed by atoms with van der Waals surface area (Å²) in [5.74, 6) is -0.731. The number of carbonyl (C=O) groups is 2. The third kappa shape index (κ3) is 4.78. The van der Waals surface area contributed by atoms with Gasteiger partial charge in [0.2, 0.25) is 5.91 Å². The molecule has 5 nitrogen and oxygen atoms in total. The molecule has 0 aromatic rings. The molecule has 0 aromatic carbocycles. The number of rotatable bonds is 6. The predicted molar refractivity (Wildman–Crippen MR) is 55.3 cm³/mol. The average molecular weight is 217 g/mol. The summed E-state index contributed by atoms with van der Waals surface area (Å²) < 4.78 is 9.34. The highest BCUT2D eigenvalue weighted by molar-refractivity contribution is 5.78. The number of ether oxygens (including phenoxy) is 2. The smallest absolute Gasteiger partial charge is 0.310 e. The van der Waals surface area contributed by atoms with Crippen molar-refractivity contribution in [1.29, 1.82) is 0 Å². The fraction of sp³-hybridized carbons (Fsp3) is 0.800. The van der Waals surface area contributed by atoms with Gasteiger partial charge in [-0.1, -0.05) is 6.92 Å². The van der Waals surface area contributed by atoms with Gasteiger partial charge in [-0.3, -0.25) is 9.59 Å². The maximum Gasteiger partial charge on any atom is 0.310 e. The lowest BCUT2D eigenvalue weighted by Gasteiger charge is -2.23. The van der Waals surface area contributed by atoms with Crippen molar-refractivity contribution in [2.24, 2.45) is 5.92 Å². The number of hydrogen-bond acceptors (Lipinski definition) is 4. The number of hydrogen-bond donors (Lipinski definition) is 0. The fourth-order valence-electron chi connectivity index (χ4n) is 1.23. The van der Waals surface area contributed by atoms with Crippen LogP contribution in [0.4, 0.5) is 0 Å². The van der Waals surface area contributed by atoms with Crippen molar-refractivity contribution in [2.45, 2.75) is 13.8 Å². The first kappa shape index (κ1) is 13.9. The average Bonchev–Trinajstić information content (AvgIpc) is 2.24. The van der Waals surface area contributed by atoms with E-state index in [2.05, 4.69) is 4.74 Å². The van der Waals surface area contributed by atoms with Gasteiger partial charge in [0.1, 0.15) is 6.61 Å². The van der Waals surface area contributed by atoms with Gasteiger partial charge in [0.05, 0.1) is 13.0 Å². The van der Waals surface area contributed by atoms with Crippen molar-refractivity contribution in [3.63, 3.8) is 0 Å². The monoisotopic (exact) mass is 217 g/mol. The number of methoxy groups -OCH3 is 2. The van der Waals surface area contributed by atoms with Crippen molar-refractivity contribution < 1.29 is 19.1 Å². The van der Waals surface area contributed by atoms with Gasteiger partial charge >= 0.3 is 5.97 Å². The molecule has 0 saturated carbocycles. The Morgan fingerprint density at radius 2 is 1.93 bits per heavy atom. The van der Waals surface area contributed by atoms with Gasteiger partial charge in [0.25, 0.3) is 0 Å². The summed E-state index contributed by atoms with van der Waals surface area (Å²) in [6.07, 6.45) is 0. The van der Waals surface area contributed by atoms with Crippen LogP contribution in [0.15, 0.2) is 0 Å². The fourth-order valence-corrected chi connectivity index (χ4v) is 1.23. The lowest BCUT2D eigenvalue weighted by molar-refractivity contribution is -0.146. The van der Waals surface area contributed by atoms with Crippen LogP contribution in [0.5, 0.6) is 0 Å². The molecular weight excluding hydrogens is 198 g/mol. The number of carbonyl (C=O) groups excluding carboxylic acids is 2. The minimum atomic E-state index is -0.309. The van der Waals surface area contributed by atoms with Gasteiger partial charge in [-0.2, -0.15) is 0 Å². The Balaban J connectivity index is 4.20. The summed E-state index contributed by atoms with van der Waals surface area (Å²) in [5.41, 5.74) is 0. The molecule has 0 aliphatic heterocycles. The normalized spacial score (nSPS) is 12.0. The van der Waals surface area contributed by atoms with Crippen molar-refractivity contribution in [2.75, 3.05) is 33.9 Å². The van der Waals surface area contributed by atoms with Crippen molar-refractivity contribution >= 4 is 11.9 Å². The molecular formula is C10H19NO4. The number of amides is 1. The minimum absolute atomic E-state index is 0.0434. The lowest BCUT2D eigenvalue weighted by Crippen LogP contribution is -2.38. The van der Waals surface area contributed by atoms with E-state index in [4.69, 9.17) is 4.74 Å². The molecule has 0 aliphatic carbocycles. The van der Waals surface area contributed by atoms with Crippen LogP contribution in [-0.4, -0.2) is 50.7 Å². The molecule has 15 heavy (non-hydrogen) atoms. The summed E-state index contributed by atoms with van der Waals surface area (Å²) in [5, 5.41) is 0. The molecule has 0 spiro atoms. The topological polar surface area (TPSA) is 55.8 Å².